The molecule has 1 amide bonds. The molecule has 0 saturated carbocycles. The van der Waals surface area contributed by atoms with Gasteiger partial charge in [0, 0.05) is 48.4 Å². The lowest BCUT2D eigenvalue weighted by atomic mass is 10.1. The first-order valence-corrected chi connectivity index (χ1v) is 7.54. The van der Waals surface area contributed by atoms with Gasteiger partial charge in [0.25, 0.3) is 0 Å². The smallest absolute Gasteiger partial charge is 0.223 e. The summed E-state index contributed by atoms with van der Waals surface area (Å²) < 4.78 is 0. The summed E-state index contributed by atoms with van der Waals surface area (Å²) in [5.74, 6) is 0.00822. The zero-order valence-electron chi connectivity index (χ0n) is 12.6. The molecule has 0 bridgehead atoms. The van der Waals surface area contributed by atoms with Crippen LogP contribution in [0.1, 0.15) is 18.3 Å². The van der Waals surface area contributed by atoms with Gasteiger partial charge in [0.15, 0.2) is 0 Å². The van der Waals surface area contributed by atoms with Crippen LogP contribution in [0.25, 0.3) is 10.9 Å². The van der Waals surface area contributed by atoms with Crippen molar-refractivity contribution < 1.29 is 4.79 Å². The molecule has 3 N–H and O–H groups in total. The molecule has 3 aromatic rings. The average molecular weight is 296 g/mol. The number of imidazole rings is 1. The van der Waals surface area contributed by atoms with Crippen molar-refractivity contribution in [2.45, 2.75) is 19.8 Å². The largest absolute Gasteiger partial charge is 0.358 e. The number of hydrogen-bond donors (Lipinski definition) is 3. The second-order valence-corrected chi connectivity index (χ2v) is 5.60. The van der Waals surface area contributed by atoms with Crippen molar-refractivity contribution in [1.82, 2.24) is 20.3 Å². The van der Waals surface area contributed by atoms with Crippen LogP contribution in [0.15, 0.2) is 42.9 Å². The summed E-state index contributed by atoms with van der Waals surface area (Å²) in [5.41, 5.74) is 3.26. The highest BCUT2D eigenvalue weighted by molar-refractivity contribution is 5.80. The maximum Gasteiger partial charge on any atom is 0.223 e. The Kier molecular flexibility index (Phi) is 4.23. The van der Waals surface area contributed by atoms with Gasteiger partial charge in [0.2, 0.25) is 5.91 Å². The lowest BCUT2D eigenvalue weighted by Gasteiger charge is -2.10. The molecule has 0 saturated heterocycles. The minimum absolute atomic E-state index is 0.0665. The highest BCUT2D eigenvalue weighted by Gasteiger charge is 2.13. The fourth-order valence-electron chi connectivity index (χ4n) is 2.58. The Morgan fingerprint density at radius 1 is 1.32 bits per heavy atom. The van der Waals surface area contributed by atoms with Gasteiger partial charge in [-0.1, -0.05) is 25.1 Å². The zero-order chi connectivity index (χ0) is 15.4. The van der Waals surface area contributed by atoms with Crippen molar-refractivity contribution in [3.63, 3.8) is 0 Å². The predicted octanol–water partition coefficient (Wildman–Crippen LogP) is 2.43. The summed E-state index contributed by atoms with van der Waals surface area (Å²) in [7, 11) is 0. The van der Waals surface area contributed by atoms with Crippen molar-refractivity contribution >= 4 is 16.8 Å². The van der Waals surface area contributed by atoms with Crippen LogP contribution in [0.3, 0.4) is 0 Å². The number of nitrogens with zero attached hydrogens (tertiary/aromatic N) is 1. The van der Waals surface area contributed by atoms with Crippen molar-refractivity contribution in [2.24, 2.45) is 5.92 Å². The molecule has 114 valence electrons. The first kappa shape index (κ1) is 14.4. The Balaban J connectivity index is 1.48. The molecule has 1 atom stereocenters. The highest BCUT2D eigenvalue weighted by atomic mass is 16.1. The molecular weight excluding hydrogens is 276 g/mol. The maximum atomic E-state index is 12.1. The van der Waals surface area contributed by atoms with Crippen LogP contribution in [0.5, 0.6) is 0 Å². The second-order valence-electron chi connectivity index (χ2n) is 5.60. The van der Waals surface area contributed by atoms with E-state index in [1.54, 1.807) is 12.5 Å². The number of rotatable bonds is 6. The number of benzene rings is 1. The van der Waals surface area contributed by atoms with E-state index < -0.39 is 0 Å². The van der Waals surface area contributed by atoms with E-state index in [0.717, 1.165) is 23.3 Å². The molecule has 22 heavy (non-hydrogen) atoms. The molecule has 5 nitrogen and oxygen atoms in total. The number of para-hydroxylation sites is 1. The van der Waals surface area contributed by atoms with Crippen molar-refractivity contribution in [3.05, 3.63) is 54.2 Å². The number of fused-ring (bicyclic) bond motifs is 1. The third kappa shape index (κ3) is 3.36. The fraction of sp³-hybridized carbons (Fsp3) is 0.294. The van der Waals surface area contributed by atoms with Crippen LogP contribution in [-0.4, -0.2) is 27.4 Å². The van der Waals surface area contributed by atoms with E-state index in [-0.39, 0.29) is 11.8 Å². The number of aromatic nitrogens is 3. The van der Waals surface area contributed by atoms with Gasteiger partial charge in [-0.3, -0.25) is 4.79 Å². The molecular formula is C17H20N4O. The van der Waals surface area contributed by atoms with Crippen LogP contribution in [0.4, 0.5) is 0 Å². The SMILES string of the molecule is C[C@@H](Cc1cnc[nH]1)C(=O)NCCc1cc2ccccc2[nH]1. The van der Waals surface area contributed by atoms with Crippen LogP contribution in [-0.2, 0) is 17.6 Å². The van der Waals surface area contributed by atoms with Crippen LogP contribution in [0, 0.1) is 5.92 Å². The van der Waals surface area contributed by atoms with Gasteiger partial charge in [0.1, 0.15) is 0 Å². The van der Waals surface area contributed by atoms with E-state index in [1.165, 1.54) is 5.39 Å². The number of carbonyl (C=O) groups is 1. The Hall–Kier alpha value is -2.56. The standard InChI is InChI=1S/C17H20N4O/c1-12(8-15-10-18-11-20-15)17(22)19-7-6-14-9-13-4-2-3-5-16(13)21-14/h2-5,9-12,21H,6-8H2,1H3,(H,18,20)(H,19,22)/t12-/m0/s1. The first-order chi connectivity index (χ1) is 10.7. The summed E-state index contributed by atoms with van der Waals surface area (Å²) >= 11 is 0. The summed E-state index contributed by atoms with van der Waals surface area (Å²) in [6.45, 7) is 2.57. The Bertz CT molecular complexity index is 712. The quantitative estimate of drug-likeness (QED) is 0.653. The molecule has 1 aromatic carbocycles. The summed E-state index contributed by atoms with van der Waals surface area (Å²) in [6, 6.07) is 10.3. The van der Waals surface area contributed by atoms with E-state index in [0.29, 0.717) is 13.0 Å². The molecule has 0 spiro atoms. The summed E-state index contributed by atoms with van der Waals surface area (Å²) in [6.07, 6.45) is 4.87. The minimum atomic E-state index is -0.0665. The van der Waals surface area contributed by atoms with Gasteiger partial charge < -0.3 is 15.3 Å². The number of amides is 1. The average Bonchev–Trinajstić information content (AvgIpc) is 3.15. The Morgan fingerprint density at radius 3 is 2.95 bits per heavy atom. The normalized spacial score (nSPS) is 12.4. The van der Waals surface area contributed by atoms with Crippen molar-refractivity contribution in [2.75, 3.05) is 6.54 Å². The maximum absolute atomic E-state index is 12.1. The summed E-state index contributed by atoms with van der Waals surface area (Å²) in [4.78, 5) is 22.4. The molecule has 0 unspecified atom stereocenters. The number of nitrogens with one attached hydrogen (secondary N) is 3. The topological polar surface area (TPSA) is 73.6 Å². The van der Waals surface area contributed by atoms with Crippen LogP contribution < -0.4 is 5.32 Å². The van der Waals surface area contributed by atoms with Gasteiger partial charge >= 0.3 is 0 Å². The number of aromatic amines is 2. The van der Waals surface area contributed by atoms with Crippen molar-refractivity contribution in [3.8, 4) is 0 Å². The lowest BCUT2D eigenvalue weighted by molar-refractivity contribution is -0.124. The highest BCUT2D eigenvalue weighted by Crippen LogP contribution is 2.14. The number of carbonyl (C=O) groups excluding carboxylic acids is 1. The van der Waals surface area contributed by atoms with E-state index in [2.05, 4.69) is 38.5 Å². The van der Waals surface area contributed by atoms with Gasteiger partial charge in [-0.2, -0.15) is 0 Å². The van der Waals surface area contributed by atoms with Crippen molar-refractivity contribution in [1.29, 1.82) is 0 Å². The molecule has 0 fully saturated rings. The third-order valence-electron chi connectivity index (χ3n) is 3.81. The monoisotopic (exact) mass is 296 g/mol. The second kappa shape index (κ2) is 6.47. The fourth-order valence-corrected chi connectivity index (χ4v) is 2.58. The number of hydrogen-bond acceptors (Lipinski definition) is 2. The molecule has 0 aliphatic carbocycles. The molecule has 3 rings (SSSR count). The van der Waals surface area contributed by atoms with Gasteiger partial charge in [-0.25, -0.2) is 4.98 Å². The molecule has 2 aromatic heterocycles. The van der Waals surface area contributed by atoms with E-state index in [9.17, 15) is 4.79 Å². The minimum Gasteiger partial charge on any atom is -0.358 e. The molecule has 2 heterocycles. The van der Waals surface area contributed by atoms with Gasteiger partial charge in [0.05, 0.1) is 6.33 Å². The lowest BCUT2D eigenvalue weighted by Crippen LogP contribution is -2.32. The molecule has 0 radical (unpaired) electrons. The molecule has 0 aliphatic rings. The van der Waals surface area contributed by atoms with Gasteiger partial charge in [-0.15, -0.1) is 0 Å². The van der Waals surface area contributed by atoms with E-state index >= 15 is 0 Å². The van der Waals surface area contributed by atoms with Crippen LogP contribution in [0.2, 0.25) is 0 Å². The Morgan fingerprint density at radius 2 is 2.18 bits per heavy atom. The number of H-pyrrole nitrogens is 2. The Labute approximate surface area is 129 Å². The van der Waals surface area contributed by atoms with E-state index in [4.69, 9.17) is 0 Å². The molecule has 0 aliphatic heterocycles. The van der Waals surface area contributed by atoms with E-state index in [1.807, 2.05) is 19.1 Å². The van der Waals surface area contributed by atoms with Gasteiger partial charge in [-0.05, 0) is 17.5 Å². The predicted molar refractivity (Wildman–Crippen MR) is 86.5 cm³/mol. The third-order valence-corrected chi connectivity index (χ3v) is 3.81. The first-order valence-electron chi connectivity index (χ1n) is 7.54. The zero-order valence-corrected chi connectivity index (χ0v) is 12.6. The van der Waals surface area contributed by atoms with Crippen LogP contribution >= 0.6 is 0 Å². The molecule has 5 heteroatoms. The summed E-state index contributed by atoms with van der Waals surface area (Å²) in [5, 5.41) is 4.20.